The number of aromatic amines is 1. The number of aromatic nitrogens is 2. The molecule has 1 spiro atoms. The second kappa shape index (κ2) is 7.07. The fraction of sp³-hybridized carbons (Fsp3) is 0.684. The second-order valence-electron chi connectivity index (χ2n) is 8.31. The molecule has 8 heteroatoms. The van der Waals surface area contributed by atoms with E-state index in [0.29, 0.717) is 25.6 Å². The Bertz CT molecular complexity index is 763. The first kappa shape index (κ1) is 18.2. The van der Waals surface area contributed by atoms with Gasteiger partial charge >= 0.3 is 0 Å². The number of hydrogen-bond donors (Lipinski definition) is 1. The van der Waals surface area contributed by atoms with Crippen molar-refractivity contribution in [3.05, 3.63) is 28.4 Å². The van der Waals surface area contributed by atoms with Gasteiger partial charge in [0.15, 0.2) is 0 Å². The van der Waals surface area contributed by atoms with Crippen molar-refractivity contribution in [1.82, 2.24) is 24.7 Å². The minimum atomic E-state index is -0.311. The fourth-order valence-corrected chi connectivity index (χ4v) is 4.76. The van der Waals surface area contributed by atoms with E-state index in [1.54, 1.807) is 0 Å². The first-order chi connectivity index (χ1) is 13.0. The van der Waals surface area contributed by atoms with Crippen molar-refractivity contribution < 1.29 is 9.59 Å². The highest BCUT2D eigenvalue weighted by Crippen LogP contribution is 2.41. The van der Waals surface area contributed by atoms with Crippen molar-refractivity contribution >= 4 is 11.8 Å². The van der Waals surface area contributed by atoms with E-state index in [-0.39, 0.29) is 28.5 Å². The normalized spacial score (nSPS) is 26.0. The molecule has 4 rings (SSSR count). The van der Waals surface area contributed by atoms with Crippen LogP contribution in [0.3, 0.4) is 0 Å². The summed E-state index contributed by atoms with van der Waals surface area (Å²) in [6.45, 7) is 4.18. The van der Waals surface area contributed by atoms with Crippen molar-refractivity contribution in [2.75, 3.05) is 39.8 Å². The van der Waals surface area contributed by atoms with Crippen LogP contribution in [0, 0.1) is 5.41 Å². The third-order valence-electron chi connectivity index (χ3n) is 6.51. The number of likely N-dealkylation sites (N-methyl/N-ethyl adjacent to an activating group) is 1. The smallest absolute Gasteiger partial charge is 0.273 e. The number of piperidine rings is 2. The average Bonchev–Trinajstić information content (AvgIpc) is 3.11. The molecule has 1 unspecified atom stereocenters. The summed E-state index contributed by atoms with van der Waals surface area (Å²) in [5.41, 5.74) is 0.0956. The van der Waals surface area contributed by atoms with E-state index >= 15 is 0 Å². The maximum absolute atomic E-state index is 12.6. The zero-order chi connectivity index (χ0) is 19.0. The van der Waals surface area contributed by atoms with Gasteiger partial charge in [-0.25, -0.2) is 4.98 Å². The van der Waals surface area contributed by atoms with Crippen LogP contribution >= 0.6 is 0 Å². The minimum absolute atomic E-state index is 0.129. The van der Waals surface area contributed by atoms with Crippen LogP contribution in [0.5, 0.6) is 0 Å². The molecule has 3 fully saturated rings. The van der Waals surface area contributed by atoms with Gasteiger partial charge < -0.3 is 19.7 Å². The van der Waals surface area contributed by atoms with Gasteiger partial charge in [0.25, 0.3) is 11.5 Å². The Kier molecular flexibility index (Phi) is 4.75. The van der Waals surface area contributed by atoms with Crippen LogP contribution in [-0.4, -0.2) is 82.3 Å². The summed E-state index contributed by atoms with van der Waals surface area (Å²) < 4.78 is 0. The summed E-state index contributed by atoms with van der Waals surface area (Å²) in [7, 11) is 2.11. The molecule has 1 N–H and O–H groups in total. The standard InChI is InChI=1S/C19H27N5O3/c1-22-7-3-14(12-22)24-13-19(4-2-17(24)26)5-8-23(9-6-19)18(27)15-10-21-16(25)11-20-15/h10-11,14H,2-9,12-13H2,1H3,(H,21,25). The van der Waals surface area contributed by atoms with Gasteiger partial charge in [-0.2, -0.15) is 0 Å². The molecule has 3 saturated heterocycles. The molecule has 8 nitrogen and oxygen atoms in total. The number of H-pyrrole nitrogens is 1. The molecule has 1 aromatic rings. The second-order valence-corrected chi connectivity index (χ2v) is 8.31. The average molecular weight is 373 g/mol. The molecular formula is C19H27N5O3. The predicted octanol–water partition coefficient (Wildman–Crippen LogP) is 0.319. The van der Waals surface area contributed by atoms with Gasteiger partial charge in [-0.05, 0) is 44.7 Å². The monoisotopic (exact) mass is 373 g/mol. The molecule has 0 bridgehead atoms. The summed E-state index contributed by atoms with van der Waals surface area (Å²) in [6, 6.07) is 0.338. The predicted molar refractivity (Wildman–Crippen MR) is 99.3 cm³/mol. The molecule has 3 aliphatic rings. The fourth-order valence-electron chi connectivity index (χ4n) is 4.76. The van der Waals surface area contributed by atoms with Gasteiger partial charge in [0.1, 0.15) is 5.69 Å². The van der Waals surface area contributed by atoms with Gasteiger partial charge in [0.05, 0.1) is 6.20 Å². The van der Waals surface area contributed by atoms with Gasteiger partial charge in [0, 0.05) is 44.8 Å². The lowest BCUT2D eigenvalue weighted by Crippen LogP contribution is -2.55. The maximum atomic E-state index is 12.6. The summed E-state index contributed by atoms with van der Waals surface area (Å²) in [5.74, 6) is 0.152. The van der Waals surface area contributed by atoms with Gasteiger partial charge in [0.2, 0.25) is 5.91 Å². The highest BCUT2D eigenvalue weighted by molar-refractivity contribution is 5.92. The molecule has 4 heterocycles. The third kappa shape index (κ3) is 3.63. The molecule has 0 aliphatic carbocycles. The molecule has 0 aromatic carbocycles. The van der Waals surface area contributed by atoms with E-state index in [9.17, 15) is 14.4 Å². The SMILES string of the molecule is CN1CCC(N2CC3(CCC2=O)CCN(C(=O)c2c[nH]c(=O)cn2)CC3)C1. The third-order valence-corrected chi connectivity index (χ3v) is 6.51. The van der Waals surface area contributed by atoms with E-state index in [2.05, 4.69) is 26.8 Å². The summed E-state index contributed by atoms with van der Waals surface area (Å²) in [4.78, 5) is 48.9. The van der Waals surface area contributed by atoms with E-state index < -0.39 is 0 Å². The summed E-state index contributed by atoms with van der Waals surface area (Å²) in [6.07, 6.45) is 6.94. The molecule has 3 aliphatic heterocycles. The Morgan fingerprint density at radius 3 is 2.63 bits per heavy atom. The van der Waals surface area contributed by atoms with Crippen LogP contribution in [-0.2, 0) is 4.79 Å². The lowest BCUT2D eigenvalue weighted by molar-refractivity contribution is -0.141. The quantitative estimate of drug-likeness (QED) is 0.806. The van der Waals surface area contributed by atoms with Gasteiger partial charge in [-0.1, -0.05) is 0 Å². The number of hydrogen-bond acceptors (Lipinski definition) is 5. The van der Waals surface area contributed by atoms with E-state index in [1.807, 2.05) is 4.90 Å². The molecule has 0 radical (unpaired) electrons. The first-order valence-corrected chi connectivity index (χ1v) is 9.78. The first-order valence-electron chi connectivity index (χ1n) is 9.78. The number of carbonyl (C=O) groups is 2. The highest BCUT2D eigenvalue weighted by Gasteiger charge is 2.44. The number of nitrogens with one attached hydrogen (secondary N) is 1. The van der Waals surface area contributed by atoms with Crippen LogP contribution in [0.1, 0.15) is 42.6 Å². The minimum Gasteiger partial charge on any atom is -0.338 e. The molecular weight excluding hydrogens is 346 g/mol. The summed E-state index contributed by atoms with van der Waals surface area (Å²) in [5, 5.41) is 0. The van der Waals surface area contributed by atoms with E-state index in [0.717, 1.165) is 51.5 Å². The lowest BCUT2D eigenvalue weighted by Gasteiger charge is -2.48. The van der Waals surface area contributed by atoms with Gasteiger partial charge in [-0.3, -0.25) is 14.4 Å². The van der Waals surface area contributed by atoms with Crippen LogP contribution in [0.2, 0.25) is 0 Å². The number of nitrogens with zero attached hydrogens (tertiary/aromatic N) is 4. The number of rotatable bonds is 2. The van der Waals surface area contributed by atoms with Gasteiger partial charge in [-0.15, -0.1) is 0 Å². The number of likely N-dealkylation sites (tertiary alicyclic amines) is 3. The molecule has 1 atom stereocenters. The Morgan fingerprint density at radius 1 is 1.22 bits per heavy atom. The highest BCUT2D eigenvalue weighted by atomic mass is 16.2. The number of carbonyl (C=O) groups excluding carboxylic acids is 2. The summed E-state index contributed by atoms with van der Waals surface area (Å²) >= 11 is 0. The topological polar surface area (TPSA) is 89.6 Å². The maximum Gasteiger partial charge on any atom is 0.273 e. The van der Waals surface area contributed by atoms with Crippen LogP contribution in [0.4, 0.5) is 0 Å². The molecule has 2 amide bonds. The van der Waals surface area contributed by atoms with Crippen LogP contribution in [0.25, 0.3) is 0 Å². The lowest BCUT2D eigenvalue weighted by atomic mass is 9.72. The van der Waals surface area contributed by atoms with E-state index in [1.165, 1.54) is 6.20 Å². The zero-order valence-corrected chi connectivity index (χ0v) is 15.8. The number of amides is 2. The molecule has 146 valence electrons. The Balaban J connectivity index is 1.40. The Hall–Kier alpha value is -2.22. The molecule has 27 heavy (non-hydrogen) atoms. The van der Waals surface area contributed by atoms with Crippen LogP contribution < -0.4 is 5.56 Å². The zero-order valence-electron chi connectivity index (χ0n) is 15.8. The van der Waals surface area contributed by atoms with E-state index in [4.69, 9.17) is 0 Å². The van der Waals surface area contributed by atoms with Crippen molar-refractivity contribution in [3.63, 3.8) is 0 Å². The van der Waals surface area contributed by atoms with Crippen molar-refractivity contribution in [2.45, 2.75) is 38.1 Å². The Morgan fingerprint density at radius 2 is 2.00 bits per heavy atom. The van der Waals surface area contributed by atoms with Crippen molar-refractivity contribution in [3.8, 4) is 0 Å². The van der Waals surface area contributed by atoms with Crippen molar-refractivity contribution in [2.24, 2.45) is 5.41 Å². The van der Waals surface area contributed by atoms with Crippen molar-refractivity contribution in [1.29, 1.82) is 0 Å². The Labute approximate surface area is 158 Å². The van der Waals surface area contributed by atoms with Crippen LogP contribution in [0.15, 0.2) is 17.2 Å². The largest absolute Gasteiger partial charge is 0.338 e. The molecule has 0 saturated carbocycles. The molecule has 1 aromatic heterocycles.